The van der Waals surface area contributed by atoms with Crippen molar-refractivity contribution in [3.8, 4) is 0 Å². The van der Waals surface area contributed by atoms with Crippen LogP contribution in [0.2, 0.25) is 0 Å². The van der Waals surface area contributed by atoms with Gasteiger partial charge >= 0.3 is 0 Å². The van der Waals surface area contributed by atoms with Crippen molar-refractivity contribution in [2.75, 3.05) is 0 Å². The Morgan fingerprint density at radius 1 is 0.426 bits per heavy atom. The van der Waals surface area contributed by atoms with Crippen LogP contribution in [-0.4, -0.2) is 52.2 Å². The van der Waals surface area contributed by atoms with Crippen molar-refractivity contribution >= 4 is 0 Å². The second-order valence-electron chi connectivity index (χ2n) is 20.6. The zero-order valence-corrected chi connectivity index (χ0v) is 34.8. The molecule has 0 aliphatic heterocycles. The highest BCUT2D eigenvalue weighted by Gasteiger charge is 2.40. The quantitative estimate of drug-likeness (QED) is 0.220. The molecule has 0 aromatic heterocycles. The van der Waals surface area contributed by atoms with Gasteiger partial charge in [0.2, 0.25) is 0 Å². The lowest BCUT2D eigenvalue weighted by Crippen LogP contribution is -2.52. The first-order valence-corrected chi connectivity index (χ1v) is 24.5. The van der Waals surface area contributed by atoms with E-state index in [0.29, 0.717) is 6.04 Å². The van der Waals surface area contributed by atoms with Gasteiger partial charge in [-0.15, -0.1) is 0 Å². The van der Waals surface area contributed by atoms with E-state index in [1.165, 1.54) is 161 Å². The lowest BCUT2D eigenvalue weighted by atomic mass is 9.69. The first-order chi connectivity index (χ1) is 26.6. The molecular weight excluding hydrogens is 660 g/mol. The van der Waals surface area contributed by atoms with E-state index in [1.807, 2.05) is 0 Å². The van der Waals surface area contributed by atoms with Crippen molar-refractivity contribution in [3.63, 3.8) is 0 Å². The van der Waals surface area contributed by atoms with Gasteiger partial charge in [-0.1, -0.05) is 68.7 Å². The van der Waals surface area contributed by atoms with Gasteiger partial charge in [-0.2, -0.15) is 0 Å². The average molecular weight is 741 g/mol. The molecule has 0 radical (unpaired) electrons. The molecule has 54 heavy (non-hydrogen) atoms. The van der Waals surface area contributed by atoms with Gasteiger partial charge in [-0.3, -0.25) is 9.80 Å². The normalized spacial score (nSPS) is 40.7. The van der Waals surface area contributed by atoms with Gasteiger partial charge in [0.25, 0.3) is 0 Å². The molecule has 8 rings (SSSR count). The van der Waals surface area contributed by atoms with Gasteiger partial charge in [0.1, 0.15) is 6.17 Å². The van der Waals surface area contributed by atoms with Gasteiger partial charge in [-0.05, 0) is 208 Å². The van der Waals surface area contributed by atoms with Crippen LogP contribution in [0.3, 0.4) is 0 Å². The highest BCUT2D eigenvalue weighted by molar-refractivity contribution is 5.20. The summed E-state index contributed by atoms with van der Waals surface area (Å²) >= 11 is 0. The summed E-state index contributed by atoms with van der Waals surface area (Å²) in [5.41, 5.74) is 1.59. The molecule has 1 aromatic rings. The molecule has 0 spiro atoms. The van der Waals surface area contributed by atoms with Crippen molar-refractivity contribution in [1.82, 2.24) is 9.80 Å². The third-order valence-electron chi connectivity index (χ3n) is 17.3. The zero-order chi connectivity index (χ0) is 36.7. The average Bonchev–Trinajstić information content (AvgIpc) is 3.23. The predicted octanol–water partition coefficient (Wildman–Crippen LogP) is 14.0. The number of alkyl halides is 1. The number of benzene rings is 1. The lowest BCUT2D eigenvalue weighted by Gasteiger charge is -2.49. The first kappa shape index (κ1) is 39.6. The third-order valence-corrected chi connectivity index (χ3v) is 17.3. The number of rotatable bonds is 10. The highest BCUT2D eigenvalue weighted by Crippen LogP contribution is 2.45. The summed E-state index contributed by atoms with van der Waals surface area (Å²) in [6.45, 7) is 2.45. The van der Waals surface area contributed by atoms with Crippen LogP contribution in [0.15, 0.2) is 42.5 Å². The molecule has 0 atom stereocenters. The van der Waals surface area contributed by atoms with Crippen LogP contribution >= 0.6 is 0 Å². The minimum Gasteiger partial charge on any atom is -0.294 e. The topological polar surface area (TPSA) is 6.48 Å². The van der Waals surface area contributed by atoms with Crippen molar-refractivity contribution < 1.29 is 4.39 Å². The fourth-order valence-corrected chi connectivity index (χ4v) is 14.1. The standard InChI is InChI=1S/C51H81FN2/c1-38-12-28-47(29-13-38)54(51-36-26-45(52)27-37-51)48-30-18-40(19-31-48)15-14-39-16-20-42(21-17-39)44-24-34-50(35-25-44)53(46-10-6-3-7-11-46)49-32-22-43(23-33-49)41-8-4-2-5-9-41/h2,4-5,8-9,14-15,38-40,42-51H,3,6-7,10-13,16-37H2,1H3/b15-14+. The summed E-state index contributed by atoms with van der Waals surface area (Å²) in [5.74, 6) is 5.31. The molecule has 0 saturated heterocycles. The van der Waals surface area contributed by atoms with Crippen LogP contribution in [0.1, 0.15) is 205 Å². The molecule has 3 heteroatoms. The van der Waals surface area contributed by atoms with E-state index in [2.05, 4.69) is 59.2 Å². The number of nitrogens with zero attached hydrogens (tertiary/aromatic N) is 2. The van der Waals surface area contributed by atoms with E-state index >= 15 is 0 Å². The van der Waals surface area contributed by atoms with Crippen LogP contribution in [0.4, 0.5) is 4.39 Å². The van der Waals surface area contributed by atoms with Crippen LogP contribution < -0.4 is 0 Å². The number of halogens is 1. The Morgan fingerprint density at radius 2 is 0.815 bits per heavy atom. The van der Waals surface area contributed by atoms with Gasteiger partial charge in [-0.25, -0.2) is 4.39 Å². The highest BCUT2D eigenvalue weighted by atomic mass is 19.1. The molecule has 0 amide bonds. The van der Waals surface area contributed by atoms with E-state index in [1.54, 1.807) is 5.56 Å². The Kier molecular flexibility index (Phi) is 14.3. The minimum atomic E-state index is -0.539. The Bertz CT molecular complexity index is 1200. The lowest BCUT2D eigenvalue weighted by molar-refractivity contribution is 0.00428. The Hall–Kier alpha value is -1.19. The van der Waals surface area contributed by atoms with Crippen molar-refractivity contribution in [3.05, 3.63) is 48.0 Å². The van der Waals surface area contributed by atoms with Gasteiger partial charge in [0.15, 0.2) is 0 Å². The molecule has 0 N–H and O–H groups in total. The molecule has 302 valence electrons. The molecular formula is C51H81FN2. The summed E-state index contributed by atoms with van der Waals surface area (Å²) in [5, 5.41) is 0. The summed E-state index contributed by atoms with van der Waals surface area (Å²) in [6.07, 6.45) is 44.6. The predicted molar refractivity (Wildman–Crippen MR) is 227 cm³/mol. The smallest absolute Gasteiger partial charge is 0.100 e. The van der Waals surface area contributed by atoms with E-state index in [4.69, 9.17) is 0 Å². The molecule has 2 nitrogen and oxygen atoms in total. The van der Waals surface area contributed by atoms with E-state index in [9.17, 15) is 4.39 Å². The maximum atomic E-state index is 14.1. The van der Waals surface area contributed by atoms with Crippen molar-refractivity contribution in [2.24, 2.45) is 29.6 Å². The van der Waals surface area contributed by atoms with Gasteiger partial charge in [0.05, 0.1) is 0 Å². The summed E-state index contributed by atoms with van der Waals surface area (Å²) in [6, 6.07) is 16.2. The zero-order valence-electron chi connectivity index (χ0n) is 34.8. The SMILES string of the molecule is CC1CCC(N(C2CCC(F)CC2)C2CCC(/C=C/C3CCC(C4CCC(N(C5CCCCC5)C5CCC(c6ccccc6)CC5)CC4)CC3)CC2)CC1. The van der Waals surface area contributed by atoms with E-state index in [-0.39, 0.29) is 0 Å². The van der Waals surface area contributed by atoms with Crippen LogP contribution in [0.5, 0.6) is 0 Å². The van der Waals surface area contributed by atoms with Crippen LogP contribution in [-0.2, 0) is 0 Å². The molecule has 0 unspecified atom stereocenters. The molecule has 7 aliphatic carbocycles. The minimum absolute atomic E-state index is 0.539. The maximum Gasteiger partial charge on any atom is 0.100 e. The van der Waals surface area contributed by atoms with E-state index < -0.39 is 6.17 Å². The second kappa shape index (κ2) is 19.5. The third kappa shape index (κ3) is 10.1. The second-order valence-corrected chi connectivity index (χ2v) is 20.6. The van der Waals surface area contributed by atoms with Crippen molar-refractivity contribution in [1.29, 1.82) is 0 Å². The Balaban J connectivity index is 0.779. The van der Waals surface area contributed by atoms with Crippen LogP contribution in [0, 0.1) is 29.6 Å². The summed E-state index contributed by atoms with van der Waals surface area (Å²) in [4.78, 5) is 6.20. The van der Waals surface area contributed by atoms with E-state index in [0.717, 1.165) is 91.4 Å². The molecule has 1 aromatic carbocycles. The monoisotopic (exact) mass is 741 g/mol. The van der Waals surface area contributed by atoms with Gasteiger partial charge < -0.3 is 0 Å². The largest absolute Gasteiger partial charge is 0.294 e. The fraction of sp³-hybridized carbons (Fsp3) is 0.843. The Morgan fingerprint density at radius 3 is 1.33 bits per heavy atom. The summed E-state index contributed by atoms with van der Waals surface area (Å²) in [7, 11) is 0. The molecule has 0 bridgehead atoms. The molecule has 0 heterocycles. The maximum absolute atomic E-state index is 14.1. The number of hydrogen-bond donors (Lipinski definition) is 0. The first-order valence-electron chi connectivity index (χ1n) is 24.5. The van der Waals surface area contributed by atoms with Crippen LogP contribution in [0.25, 0.3) is 0 Å². The molecule has 7 fully saturated rings. The fourth-order valence-electron chi connectivity index (χ4n) is 14.1. The number of allylic oxidation sites excluding steroid dienone is 2. The molecule has 7 saturated carbocycles. The van der Waals surface area contributed by atoms with Crippen molar-refractivity contribution in [2.45, 2.75) is 241 Å². The van der Waals surface area contributed by atoms with Gasteiger partial charge in [0, 0.05) is 36.3 Å². The number of hydrogen-bond acceptors (Lipinski definition) is 2. The molecule has 7 aliphatic rings. The Labute approximate surface area is 332 Å². The summed E-state index contributed by atoms with van der Waals surface area (Å²) < 4.78 is 14.1.